The average Bonchev–Trinajstić information content (AvgIpc) is 3.08. The summed E-state index contributed by atoms with van der Waals surface area (Å²) in [5.74, 6) is 7.16. The molecular weight excluding hydrogens is 412 g/mol. The van der Waals surface area contributed by atoms with Crippen LogP contribution in [0.2, 0.25) is 0 Å². The number of aliphatic hydroxyl groups is 4. The van der Waals surface area contributed by atoms with Crippen LogP contribution in [0.1, 0.15) is 85.5 Å². The fourth-order valence-electron chi connectivity index (χ4n) is 6.50. The molecule has 33 heavy (non-hydrogen) atoms. The molecule has 4 N–H and O–H groups in total. The van der Waals surface area contributed by atoms with Gasteiger partial charge < -0.3 is 20.4 Å². The van der Waals surface area contributed by atoms with Gasteiger partial charge in [0, 0.05) is 12.8 Å². The highest BCUT2D eigenvalue weighted by molar-refractivity contribution is 5.38. The molecule has 7 atom stereocenters. The van der Waals surface area contributed by atoms with Crippen LogP contribution in [0.3, 0.4) is 0 Å². The van der Waals surface area contributed by atoms with Crippen molar-refractivity contribution >= 4 is 0 Å². The van der Waals surface area contributed by atoms with Gasteiger partial charge in [-0.1, -0.05) is 44.1 Å². The zero-order valence-corrected chi connectivity index (χ0v) is 21.0. The molecule has 3 aliphatic rings. The molecule has 0 heterocycles. The van der Waals surface area contributed by atoms with Crippen LogP contribution in [0.25, 0.3) is 0 Å². The zero-order chi connectivity index (χ0) is 24.4. The molecule has 3 saturated carbocycles. The van der Waals surface area contributed by atoms with E-state index >= 15 is 0 Å². The highest BCUT2D eigenvalue weighted by atomic mass is 16.3. The van der Waals surface area contributed by atoms with Crippen LogP contribution in [0, 0.1) is 35.0 Å². The number of fused-ring (bicyclic) bond motifs is 1. The predicted molar refractivity (Wildman–Crippen MR) is 133 cm³/mol. The summed E-state index contributed by atoms with van der Waals surface area (Å²) in [5.41, 5.74) is 2.58. The molecule has 0 spiro atoms. The third-order valence-electron chi connectivity index (χ3n) is 8.55. The first-order chi connectivity index (χ1) is 15.4. The fourth-order valence-corrected chi connectivity index (χ4v) is 6.50. The van der Waals surface area contributed by atoms with E-state index in [2.05, 4.69) is 44.4 Å². The van der Waals surface area contributed by atoms with E-state index in [1.807, 2.05) is 0 Å². The number of hydrogen-bond donors (Lipinski definition) is 4. The van der Waals surface area contributed by atoms with Gasteiger partial charge in [-0.3, -0.25) is 0 Å². The summed E-state index contributed by atoms with van der Waals surface area (Å²) in [6, 6.07) is 0. The van der Waals surface area contributed by atoms with E-state index in [9.17, 15) is 20.4 Å². The minimum atomic E-state index is -0.725. The van der Waals surface area contributed by atoms with Crippen LogP contribution < -0.4 is 0 Å². The quantitative estimate of drug-likeness (QED) is 0.453. The Hall–Kier alpha value is -1.38. The highest BCUT2D eigenvalue weighted by Crippen LogP contribution is 2.59. The molecular formula is C29H44O4. The van der Waals surface area contributed by atoms with Crippen molar-refractivity contribution in [3.05, 3.63) is 35.5 Å². The predicted octanol–water partition coefficient (Wildman–Crippen LogP) is 4.68. The molecule has 0 bridgehead atoms. The van der Waals surface area contributed by atoms with Crippen molar-refractivity contribution in [2.75, 3.05) is 0 Å². The van der Waals surface area contributed by atoms with Gasteiger partial charge in [0.15, 0.2) is 0 Å². The third kappa shape index (κ3) is 6.20. The second kappa shape index (κ2) is 10.5. The van der Waals surface area contributed by atoms with E-state index in [4.69, 9.17) is 0 Å². The maximum Gasteiger partial charge on any atom is 0.117 e. The average molecular weight is 457 g/mol. The van der Waals surface area contributed by atoms with Crippen LogP contribution in [0.15, 0.2) is 35.5 Å². The first kappa shape index (κ1) is 26.2. The lowest BCUT2D eigenvalue weighted by Gasteiger charge is -2.44. The molecule has 0 saturated heterocycles. The smallest absolute Gasteiger partial charge is 0.117 e. The first-order valence-electron chi connectivity index (χ1n) is 12.8. The monoisotopic (exact) mass is 456 g/mol. The van der Waals surface area contributed by atoms with Crippen molar-refractivity contribution in [1.29, 1.82) is 0 Å². The Morgan fingerprint density at radius 3 is 2.67 bits per heavy atom. The fraction of sp³-hybridized carbons (Fsp3) is 0.724. The van der Waals surface area contributed by atoms with Gasteiger partial charge in [0.25, 0.3) is 0 Å². The SMILES string of the molecule is C=C1/C(=C\C=C2/CCC[C@]3(C)[C@@H]([C@@H](C)[C@@H](O)C#CCCC(C)(C)O)CC[C@@H]23)C[C@@H](O)C[C@@H]1O. The van der Waals surface area contributed by atoms with Crippen molar-refractivity contribution in [1.82, 2.24) is 0 Å². The molecule has 0 aromatic rings. The van der Waals surface area contributed by atoms with Gasteiger partial charge in [-0.2, -0.15) is 0 Å². The zero-order valence-electron chi connectivity index (χ0n) is 21.0. The summed E-state index contributed by atoms with van der Waals surface area (Å²) >= 11 is 0. The molecule has 0 aromatic heterocycles. The molecule has 0 amide bonds. The number of rotatable bonds is 5. The van der Waals surface area contributed by atoms with Crippen molar-refractivity contribution in [2.45, 2.75) is 109 Å². The summed E-state index contributed by atoms with van der Waals surface area (Å²) < 4.78 is 0. The number of aliphatic hydroxyl groups excluding tert-OH is 3. The Labute approximate surface area is 200 Å². The van der Waals surface area contributed by atoms with Gasteiger partial charge in [0.1, 0.15) is 6.10 Å². The standard InChI is InChI=1S/C29H44O4/c1-19-22(17-23(30)18-27(19)32)12-11-21-9-8-16-29(5)24(13-14-25(21)29)20(2)26(31)10-6-7-15-28(3,4)33/h11-12,20,23-27,30-33H,1,7-9,13-18H2,2-5H3/b21-11+,22-12-/t20-,23-,24-,25+,26+,27+,29-/m1/s1. The van der Waals surface area contributed by atoms with Crippen molar-refractivity contribution < 1.29 is 20.4 Å². The molecule has 184 valence electrons. The molecule has 0 unspecified atom stereocenters. The first-order valence-corrected chi connectivity index (χ1v) is 12.8. The molecule has 0 aliphatic heterocycles. The van der Waals surface area contributed by atoms with E-state index < -0.39 is 23.9 Å². The Balaban J connectivity index is 1.71. The minimum absolute atomic E-state index is 0.107. The Morgan fingerprint density at radius 1 is 1.24 bits per heavy atom. The van der Waals surface area contributed by atoms with Crippen LogP contribution in [-0.2, 0) is 0 Å². The van der Waals surface area contributed by atoms with Gasteiger partial charge in [-0.05, 0) is 93.1 Å². The number of allylic oxidation sites excluding steroid dienone is 3. The van der Waals surface area contributed by atoms with E-state index in [1.54, 1.807) is 13.8 Å². The van der Waals surface area contributed by atoms with Gasteiger partial charge >= 0.3 is 0 Å². The second-order valence-corrected chi connectivity index (χ2v) is 11.6. The van der Waals surface area contributed by atoms with E-state index in [-0.39, 0.29) is 11.3 Å². The Morgan fingerprint density at radius 2 is 1.97 bits per heavy atom. The lowest BCUT2D eigenvalue weighted by Crippen LogP contribution is -2.39. The molecule has 4 nitrogen and oxygen atoms in total. The molecule has 3 rings (SSSR count). The summed E-state index contributed by atoms with van der Waals surface area (Å²) in [6.07, 6.45) is 10.3. The van der Waals surface area contributed by atoms with Crippen LogP contribution in [0.4, 0.5) is 0 Å². The van der Waals surface area contributed by atoms with Gasteiger partial charge in [-0.15, -0.1) is 5.92 Å². The van der Waals surface area contributed by atoms with Gasteiger partial charge in [-0.25, -0.2) is 0 Å². The molecule has 3 aliphatic carbocycles. The Kier molecular flexibility index (Phi) is 8.33. The summed E-state index contributed by atoms with van der Waals surface area (Å²) in [4.78, 5) is 0. The van der Waals surface area contributed by atoms with Crippen molar-refractivity contribution in [3.63, 3.8) is 0 Å². The molecule has 3 fully saturated rings. The summed E-state index contributed by atoms with van der Waals surface area (Å²) in [6.45, 7) is 12.1. The number of hydrogen-bond acceptors (Lipinski definition) is 4. The van der Waals surface area contributed by atoms with Gasteiger partial charge in [0.05, 0.1) is 17.8 Å². The lowest BCUT2D eigenvalue weighted by molar-refractivity contribution is 0.0455. The minimum Gasteiger partial charge on any atom is -0.393 e. The van der Waals surface area contributed by atoms with Crippen LogP contribution >= 0.6 is 0 Å². The van der Waals surface area contributed by atoms with E-state index in [1.165, 1.54) is 12.0 Å². The topological polar surface area (TPSA) is 80.9 Å². The Bertz CT molecular complexity index is 836. The van der Waals surface area contributed by atoms with E-state index in [0.717, 1.165) is 36.8 Å². The van der Waals surface area contributed by atoms with Crippen LogP contribution in [0.5, 0.6) is 0 Å². The summed E-state index contributed by atoms with van der Waals surface area (Å²) in [7, 11) is 0. The van der Waals surface area contributed by atoms with Crippen molar-refractivity contribution in [2.24, 2.45) is 23.2 Å². The molecule has 4 heteroatoms. The largest absolute Gasteiger partial charge is 0.393 e. The summed E-state index contributed by atoms with van der Waals surface area (Å²) in [5, 5.41) is 40.9. The van der Waals surface area contributed by atoms with Crippen LogP contribution in [-0.4, -0.2) is 44.3 Å². The maximum absolute atomic E-state index is 10.8. The van der Waals surface area contributed by atoms with E-state index in [0.29, 0.717) is 37.5 Å². The molecule has 0 radical (unpaired) electrons. The van der Waals surface area contributed by atoms with Crippen molar-refractivity contribution in [3.8, 4) is 11.8 Å². The molecule has 0 aromatic carbocycles. The normalized spacial score (nSPS) is 36.9. The second-order valence-electron chi connectivity index (χ2n) is 11.6. The highest BCUT2D eigenvalue weighted by Gasteiger charge is 2.51. The third-order valence-corrected chi connectivity index (χ3v) is 8.55. The van der Waals surface area contributed by atoms with Gasteiger partial charge in [0.2, 0.25) is 0 Å². The maximum atomic E-state index is 10.8. The lowest BCUT2D eigenvalue weighted by atomic mass is 9.60.